The van der Waals surface area contributed by atoms with E-state index >= 15 is 0 Å². The Bertz CT molecular complexity index is 1420. The molecule has 3 rings (SSSR count). The minimum absolute atomic E-state index is 0.106. The number of nitrogens with zero attached hydrogens (tertiary/aromatic N) is 6. The number of azo groups is 3. The lowest BCUT2D eigenvalue weighted by molar-refractivity contribution is 0.0974. The van der Waals surface area contributed by atoms with Gasteiger partial charge < -0.3 is 14.2 Å². The van der Waals surface area contributed by atoms with Crippen molar-refractivity contribution in [1.29, 1.82) is 0 Å². The molecule has 3 amide bonds. The standard InChI is InChI=1S/C29H32N6O6Si/c1-4-39-23-16-10-7-13-20(23)26(36)31-30-19-29(42,34-32-27(37)21-14-8-11-17-24(21)40-5-2)35-33-28(38)22-15-9-12-18-25(22)41-6-3/h7-18H,4-6,19H2,1-3,42H3. The van der Waals surface area contributed by atoms with Crippen LogP contribution >= 0.6 is 0 Å². The van der Waals surface area contributed by atoms with Gasteiger partial charge in [-0.2, -0.15) is 15.3 Å². The molecule has 0 saturated carbocycles. The summed E-state index contributed by atoms with van der Waals surface area (Å²) in [4.78, 5) is 38.6. The minimum atomic E-state index is -1.53. The van der Waals surface area contributed by atoms with Crippen molar-refractivity contribution in [1.82, 2.24) is 0 Å². The summed E-state index contributed by atoms with van der Waals surface area (Å²) in [6, 6.07) is 19.9. The van der Waals surface area contributed by atoms with Crippen molar-refractivity contribution in [3.05, 3.63) is 89.5 Å². The maximum atomic E-state index is 12.9. The second-order valence-corrected chi connectivity index (χ2v) is 10.3. The molecule has 0 aliphatic rings. The normalized spacial score (nSPS) is 12.9. The highest BCUT2D eigenvalue weighted by Gasteiger charge is 2.26. The lowest BCUT2D eigenvalue weighted by Gasteiger charge is -2.14. The zero-order valence-corrected chi connectivity index (χ0v) is 25.9. The molecular formula is C29H32N6O6Si. The number of carbonyl (C=O) groups is 3. The fraction of sp³-hybridized carbons (Fsp3) is 0.276. The molecule has 0 N–H and O–H groups in total. The lowest BCUT2D eigenvalue weighted by Crippen LogP contribution is -2.28. The van der Waals surface area contributed by atoms with Gasteiger partial charge in [0.2, 0.25) is 0 Å². The molecule has 0 bridgehead atoms. The van der Waals surface area contributed by atoms with Crippen molar-refractivity contribution in [2.75, 3.05) is 26.4 Å². The van der Waals surface area contributed by atoms with Gasteiger partial charge in [-0.05, 0) is 57.2 Å². The van der Waals surface area contributed by atoms with Gasteiger partial charge in [-0.25, -0.2) is 0 Å². The van der Waals surface area contributed by atoms with Crippen molar-refractivity contribution < 1.29 is 28.6 Å². The summed E-state index contributed by atoms with van der Waals surface area (Å²) < 4.78 is 16.5. The van der Waals surface area contributed by atoms with E-state index in [1.54, 1.807) is 93.6 Å². The highest BCUT2D eigenvalue weighted by Crippen LogP contribution is 2.23. The molecule has 0 fully saturated rings. The molecule has 0 aliphatic heterocycles. The Morgan fingerprint density at radius 3 is 1.29 bits per heavy atom. The number of rotatable bonds is 13. The maximum Gasteiger partial charge on any atom is 0.298 e. The van der Waals surface area contributed by atoms with E-state index in [0.29, 0.717) is 37.1 Å². The van der Waals surface area contributed by atoms with Crippen molar-refractivity contribution in [3.8, 4) is 17.2 Å². The third-order valence-corrected chi connectivity index (χ3v) is 6.21. The summed E-state index contributed by atoms with van der Waals surface area (Å²) in [6.45, 7) is 6.18. The van der Waals surface area contributed by atoms with E-state index in [1.807, 2.05) is 0 Å². The molecule has 218 valence electrons. The molecule has 3 aromatic carbocycles. The molecule has 0 aliphatic carbocycles. The quantitative estimate of drug-likeness (QED) is 0.200. The Morgan fingerprint density at radius 1 is 0.595 bits per heavy atom. The Morgan fingerprint density at radius 2 is 0.929 bits per heavy atom. The molecule has 42 heavy (non-hydrogen) atoms. The van der Waals surface area contributed by atoms with E-state index in [2.05, 4.69) is 30.7 Å². The van der Waals surface area contributed by atoms with Gasteiger partial charge in [0.25, 0.3) is 17.7 Å². The molecule has 0 heterocycles. The molecule has 13 heteroatoms. The van der Waals surface area contributed by atoms with E-state index in [4.69, 9.17) is 14.2 Å². The fourth-order valence-electron chi connectivity index (χ4n) is 3.56. The van der Waals surface area contributed by atoms with Gasteiger partial charge >= 0.3 is 0 Å². The first-order valence-electron chi connectivity index (χ1n) is 13.3. The topological polar surface area (TPSA) is 153 Å². The van der Waals surface area contributed by atoms with E-state index in [9.17, 15) is 14.4 Å². The van der Waals surface area contributed by atoms with E-state index in [1.165, 1.54) is 0 Å². The van der Waals surface area contributed by atoms with Gasteiger partial charge in [0.1, 0.15) is 23.8 Å². The molecule has 3 aromatic rings. The molecule has 0 radical (unpaired) electrons. The number of para-hydroxylation sites is 3. The smallest absolute Gasteiger partial charge is 0.298 e. The fourth-order valence-corrected chi connectivity index (χ4v) is 3.90. The summed E-state index contributed by atoms with van der Waals surface area (Å²) in [7, 11) is 0.106. The van der Waals surface area contributed by atoms with Gasteiger partial charge in [0, 0.05) is 0 Å². The highest BCUT2D eigenvalue weighted by molar-refractivity contribution is 6.15. The molecular weight excluding hydrogens is 556 g/mol. The average molecular weight is 589 g/mol. The molecule has 0 unspecified atom stereocenters. The first-order chi connectivity index (χ1) is 20.3. The van der Waals surface area contributed by atoms with Crippen LogP contribution < -0.4 is 14.2 Å². The second kappa shape index (κ2) is 15.8. The molecule has 0 saturated heterocycles. The number of benzene rings is 3. The molecule has 0 spiro atoms. The Hall–Kier alpha value is -4.91. The maximum absolute atomic E-state index is 12.9. The zero-order chi connectivity index (χ0) is 30.4. The number of carbonyl (C=O) groups excluding carboxylic acids is 3. The summed E-state index contributed by atoms with van der Waals surface area (Å²) >= 11 is 0. The van der Waals surface area contributed by atoms with Crippen LogP contribution in [-0.2, 0) is 0 Å². The van der Waals surface area contributed by atoms with Crippen LogP contribution in [0.15, 0.2) is 103 Å². The van der Waals surface area contributed by atoms with Crippen LogP contribution in [0, 0.1) is 0 Å². The highest BCUT2D eigenvalue weighted by atomic mass is 28.1. The van der Waals surface area contributed by atoms with Crippen molar-refractivity contribution in [2.45, 2.75) is 26.1 Å². The van der Waals surface area contributed by atoms with Crippen molar-refractivity contribution in [2.24, 2.45) is 30.7 Å². The van der Waals surface area contributed by atoms with E-state index in [-0.39, 0.29) is 33.5 Å². The number of amides is 3. The van der Waals surface area contributed by atoms with Crippen LogP contribution in [0.1, 0.15) is 51.8 Å². The lowest BCUT2D eigenvalue weighted by atomic mass is 10.2. The van der Waals surface area contributed by atoms with Gasteiger partial charge in [0.15, 0.2) is 5.29 Å². The molecule has 0 atom stereocenters. The van der Waals surface area contributed by atoms with E-state index in [0.717, 1.165) is 0 Å². The number of hydrogen-bond acceptors (Lipinski definition) is 9. The number of hydrogen-bond donors (Lipinski definition) is 0. The summed E-state index contributed by atoms with van der Waals surface area (Å²) in [6.07, 6.45) is 0. The Labute approximate surface area is 246 Å². The summed E-state index contributed by atoms with van der Waals surface area (Å²) in [5.74, 6) is -0.920. The van der Waals surface area contributed by atoms with Crippen LogP contribution in [0.5, 0.6) is 17.2 Å². The predicted octanol–water partition coefficient (Wildman–Crippen LogP) is 5.08. The van der Waals surface area contributed by atoms with Crippen LogP contribution in [0.25, 0.3) is 0 Å². The SMILES string of the molecule is CCOc1ccccc1C(=O)N=NCC([SiH3])(N=NC(=O)c1ccccc1OCC)N=NC(=O)c1ccccc1OCC. The predicted molar refractivity (Wildman–Crippen MR) is 158 cm³/mol. The first kappa shape index (κ1) is 31.6. The molecule has 0 aromatic heterocycles. The number of ether oxygens (including phenoxy) is 3. The van der Waals surface area contributed by atoms with Crippen molar-refractivity contribution >= 4 is 28.0 Å². The van der Waals surface area contributed by atoms with Crippen LogP contribution in [0.2, 0.25) is 0 Å². The van der Waals surface area contributed by atoms with Gasteiger partial charge in [-0.15, -0.1) is 15.3 Å². The largest absolute Gasteiger partial charge is 0.493 e. The third-order valence-electron chi connectivity index (χ3n) is 5.50. The Balaban J connectivity index is 1.90. The van der Waals surface area contributed by atoms with Gasteiger partial charge in [-0.1, -0.05) is 36.4 Å². The monoisotopic (exact) mass is 588 g/mol. The minimum Gasteiger partial charge on any atom is -0.493 e. The van der Waals surface area contributed by atoms with Crippen LogP contribution in [-0.4, -0.2) is 59.6 Å². The summed E-state index contributed by atoms with van der Waals surface area (Å²) in [5.41, 5.74) is 0.640. The first-order valence-corrected chi connectivity index (χ1v) is 14.3. The average Bonchev–Trinajstić information content (AvgIpc) is 3.00. The third kappa shape index (κ3) is 8.79. The second-order valence-electron chi connectivity index (χ2n) is 8.72. The zero-order valence-electron chi connectivity index (χ0n) is 23.9. The Kier molecular flexibility index (Phi) is 11.9. The van der Waals surface area contributed by atoms with E-state index < -0.39 is 23.0 Å². The van der Waals surface area contributed by atoms with Gasteiger partial charge in [-0.3, -0.25) is 14.4 Å². The van der Waals surface area contributed by atoms with Crippen LogP contribution in [0.3, 0.4) is 0 Å². The van der Waals surface area contributed by atoms with Crippen molar-refractivity contribution in [3.63, 3.8) is 0 Å². The summed E-state index contributed by atoms with van der Waals surface area (Å²) in [5, 5.41) is 22.2. The van der Waals surface area contributed by atoms with Crippen LogP contribution in [0.4, 0.5) is 0 Å². The van der Waals surface area contributed by atoms with Gasteiger partial charge in [0.05, 0.1) is 46.8 Å². The molecule has 12 nitrogen and oxygen atoms in total.